The van der Waals surface area contributed by atoms with Crippen molar-refractivity contribution < 1.29 is 9.53 Å². The van der Waals surface area contributed by atoms with E-state index in [1.54, 1.807) is 4.90 Å². The van der Waals surface area contributed by atoms with Gasteiger partial charge in [0.25, 0.3) is 0 Å². The molecule has 0 radical (unpaired) electrons. The Kier molecular flexibility index (Phi) is 10.7. The molecule has 0 bridgehead atoms. The minimum Gasteiger partial charge on any atom is -0.494 e. The monoisotopic (exact) mass is 342 g/mol. The van der Waals surface area contributed by atoms with Crippen LogP contribution in [0.4, 0.5) is 0 Å². The largest absolute Gasteiger partial charge is 0.494 e. The van der Waals surface area contributed by atoms with Crippen LogP contribution in [0.1, 0.15) is 38.7 Å². The van der Waals surface area contributed by atoms with Gasteiger partial charge >= 0.3 is 0 Å². The van der Waals surface area contributed by atoms with Crippen molar-refractivity contribution in [3.63, 3.8) is 0 Å². The quantitative estimate of drug-likeness (QED) is 0.700. The number of carbonyl (C=O) groups excluding carboxylic acids is 1. The fraction of sp³-hybridized carbons (Fsp3) is 0.611. The van der Waals surface area contributed by atoms with Crippen LogP contribution in [0.2, 0.25) is 0 Å². The Bertz CT molecular complexity index is 466. The number of carbonyl (C=O) groups is 1. The first-order valence-electron chi connectivity index (χ1n) is 8.09. The maximum Gasteiger partial charge on any atom is 0.222 e. The van der Waals surface area contributed by atoms with Crippen LogP contribution >= 0.6 is 12.4 Å². The normalized spacial score (nSPS) is 11.7. The lowest BCUT2D eigenvalue weighted by Gasteiger charge is -2.21. The van der Waals surface area contributed by atoms with Gasteiger partial charge in [0.05, 0.1) is 6.61 Å². The van der Waals surface area contributed by atoms with Gasteiger partial charge in [-0.3, -0.25) is 4.79 Å². The lowest BCUT2D eigenvalue weighted by atomic mass is 10.0. The number of rotatable bonds is 9. The summed E-state index contributed by atoms with van der Waals surface area (Å²) in [6.07, 6.45) is 2.09. The van der Waals surface area contributed by atoms with Gasteiger partial charge in [-0.1, -0.05) is 26.0 Å². The molecule has 0 saturated carbocycles. The fourth-order valence-electron chi connectivity index (χ4n) is 2.11. The number of hydrogen-bond donors (Lipinski definition) is 1. The van der Waals surface area contributed by atoms with E-state index in [2.05, 4.69) is 13.8 Å². The predicted octanol–water partition coefficient (Wildman–Crippen LogP) is 3.41. The topological polar surface area (TPSA) is 55.6 Å². The van der Waals surface area contributed by atoms with Crippen LogP contribution in [-0.2, 0) is 4.79 Å². The fourth-order valence-corrected chi connectivity index (χ4v) is 2.11. The molecule has 0 aliphatic rings. The van der Waals surface area contributed by atoms with Gasteiger partial charge in [0.15, 0.2) is 0 Å². The molecule has 1 aromatic carbocycles. The van der Waals surface area contributed by atoms with Crippen molar-refractivity contribution in [3.05, 3.63) is 29.8 Å². The highest BCUT2D eigenvalue weighted by Crippen LogP contribution is 2.13. The highest BCUT2D eigenvalue weighted by molar-refractivity contribution is 5.85. The zero-order valence-corrected chi connectivity index (χ0v) is 15.6. The summed E-state index contributed by atoms with van der Waals surface area (Å²) in [5.74, 6) is 1.47. The summed E-state index contributed by atoms with van der Waals surface area (Å²) in [6, 6.07) is 8.10. The molecule has 0 aliphatic carbocycles. The second-order valence-electron chi connectivity index (χ2n) is 6.28. The van der Waals surface area contributed by atoms with Gasteiger partial charge in [-0.25, -0.2) is 0 Å². The number of aryl methyl sites for hydroxylation is 1. The molecular weight excluding hydrogens is 312 g/mol. The number of ether oxygens (including phenoxy) is 1. The standard InChI is InChI=1S/C18H30N2O2.ClH/c1-14(2)17(19)10-11-20(4)18(21)9-6-12-22-16-8-5-7-15(3)13-16;/h5,7-8,13-14,17H,6,9-12,19H2,1-4H3;1H. The second-order valence-corrected chi connectivity index (χ2v) is 6.28. The number of nitrogens with zero attached hydrogens (tertiary/aromatic N) is 1. The summed E-state index contributed by atoms with van der Waals surface area (Å²) >= 11 is 0. The third-order valence-corrected chi connectivity index (χ3v) is 3.87. The lowest BCUT2D eigenvalue weighted by Crippen LogP contribution is -2.34. The summed E-state index contributed by atoms with van der Waals surface area (Å²) in [5, 5.41) is 0. The van der Waals surface area contributed by atoms with E-state index in [0.717, 1.165) is 25.1 Å². The molecule has 1 unspecified atom stereocenters. The van der Waals surface area contributed by atoms with Crippen molar-refractivity contribution in [1.82, 2.24) is 4.90 Å². The third-order valence-electron chi connectivity index (χ3n) is 3.87. The molecule has 5 heteroatoms. The Morgan fingerprint density at radius 2 is 2.04 bits per heavy atom. The van der Waals surface area contributed by atoms with E-state index in [0.29, 0.717) is 18.9 Å². The minimum absolute atomic E-state index is 0. The van der Waals surface area contributed by atoms with Crippen LogP contribution in [0, 0.1) is 12.8 Å². The first kappa shape index (κ1) is 21.7. The van der Waals surface area contributed by atoms with Gasteiger partial charge in [-0.2, -0.15) is 0 Å². The smallest absolute Gasteiger partial charge is 0.222 e. The van der Waals surface area contributed by atoms with Crippen molar-refractivity contribution >= 4 is 18.3 Å². The first-order chi connectivity index (χ1) is 10.4. The highest BCUT2D eigenvalue weighted by atomic mass is 35.5. The van der Waals surface area contributed by atoms with Gasteiger partial charge in [0, 0.05) is 26.1 Å². The summed E-state index contributed by atoms with van der Waals surface area (Å²) in [7, 11) is 1.84. The maximum absolute atomic E-state index is 12.0. The van der Waals surface area contributed by atoms with Gasteiger partial charge in [0.2, 0.25) is 5.91 Å². The Hall–Kier alpha value is -1.26. The van der Waals surface area contributed by atoms with Gasteiger partial charge < -0.3 is 15.4 Å². The summed E-state index contributed by atoms with van der Waals surface area (Å²) in [5.41, 5.74) is 7.18. The van der Waals surface area contributed by atoms with Crippen molar-refractivity contribution in [1.29, 1.82) is 0 Å². The van der Waals surface area contributed by atoms with Gasteiger partial charge in [-0.05, 0) is 43.4 Å². The SMILES string of the molecule is Cc1cccc(OCCCC(=O)N(C)CCC(N)C(C)C)c1.Cl. The van der Waals surface area contributed by atoms with Crippen molar-refractivity contribution in [2.24, 2.45) is 11.7 Å². The molecule has 1 aromatic rings. The molecule has 0 heterocycles. The van der Waals surface area contributed by atoms with Crippen LogP contribution in [-0.4, -0.2) is 37.0 Å². The van der Waals surface area contributed by atoms with Crippen molar-refractivity contribution in [2.75, 3.05) is 20.2 Å². The van der Waals surface area contributed by atoms with Crippen LogP contribution in [0.15, 0.2) is 24.3 Å². The number of halogens is 1. The highest BCUT2D eigenvalue weighted by Gasteiger charge is 2.12. The zero-order chi connectivity index (χ0) is 16.5. The van der Waals surface area contributed by atoms with E-state index in [1.165, 1.54) is 5.56 Å². The van der Waals surface area contributed by atoms with E-state index in [-0.39, 0.29) is 24.4 Å². The molecule has 0 aromatic heterocycles. The number of amides is 1. The third kappa shape index (κ3) is 8.82. The molecule has 132 valence electrons. The van der Waals surface area contributed by atoms with E-state index < -0.39 is 0 Å². The van der Waals surface area contributed by atoms with Gasteiger partial charge in [0.1, 0.15) is 5.75 Å². The lowest BCUT2D eigenvalue weighted by molar-refractivity contribution is -0.130. The zero-order valence-electron chi connectivity index (χ0n) is 14.7. The molecule has 1 amide bonds. The molecular formula is C18H31ClN2O2. The Labute approximate surface area is 146 Å². The van der Waals surface area contributed by atoms with E-state index >= 15 is 0 Å². The first-order valence-corrected chi connectivity index (χ1v) is 8.09. The van der Waals surface area contributed by atoms with Crippen LogP contribution < -0.4 is 10.5 Å². The summed E-state index contributed by atoms with van der Waals surface area (Å²) in [6.45, 7) is 7.53. The molecule has 0 fully saturated rings. The van der Waals surface area contributed by atoms with Crippen LogP contribution in [0.5, 0.6) is 5.75 Å². The summed E-state index contributed by atoms with van der Waals surface area (Å²) < 4.78 is 5.66. The molecule has 1 atom stereocenters. The molecule has 0 aliphatic heterocycles. The van der Waals surface area contributed by atoms with E-state index in [1.807, 2.05) is 38.2 Å². The Balaban J connectivity index is 0.00000484. The second kappa shape index (κ2) is 11.3. The number of hydrogen-bond acceptors (Lipinski definition) is 3. The molecule has 0 spiro atoms. The Morgan fingerprint density at radius 3 is 2.65 bits per heavy atom. The maximum atomic E-state index is 12.0. The van der Waals surface area contributed by atoms with Crippen LogP contribution in [0.25, 0.3) is 0 Å². The predicted molar refractivity (Wildman–Crippen MR) is 98.2 cm³/mol. The molecule has 4 nitrogen and oxygen atoms in total. The molecule has 0 saturated heterocycles. The molecule has 23 heavy (non-hydrogen) atoms. The molecule has 2 N–H and O–H groups in total. The molecule has 1 rings (SSSR count). The summed E-state index contributed by atoms with van der Waals surface area (Å²) in [4.78, 5) is 13.8. The Morgan fingerprint density at radius 1 is 1.35 bits per heavy atom. The average molecular weight is 343 g/mol. The van der Waals surface area contributed by atoms with E-state index in [9.17, 15) is 4.79 Å². The van der Waals surface area contributed by atoms with Crippen LogP contribution in [0.3, 0.4) is 0 Å². The van der Waals surface area contributed by atoms with Crippen molar-refractivity contribution in [3.8, 4) is 5.75 Å². The average Bonchev–Trinajstić information content (AvgIpc) is 2.48. The number of benzene rings is 1. The van der Waals surface area contributed by atoms with E-state index in [4.69, 9.17) is 10.5 Å². The number of nitrogens with two attached hydrogens (primary N) is 1. The minimum atomic E-state index is 0. The van der Waals surface area contributed by atoms with Gasteiger partial charge in [-0.15, -0.1) is 12.4 Å². The van der Waals surface area contributed by atoms with Crippen molar-refractivity contribution in [2.45, 2.75) is 46.1 Å².